The Balaban J connectivity index is 2.51. The first-order chi connectivity index (χ1) is 6.59. The molecule has 5 heteroatoms. The molecule has 0 aliphatic carbocycles. The maximum Gasteiger partial charge on any atom is 0.144 e. The van der Waals surface area contributed by atoms with Crippen molar-refractivity contribution in [3.8, 4) is 0 Å². The van der Waals surface area contributed by atoms with E-state index in [9.17, 15) is 0 Å². The van der Waals surface area contributed by atoms with Crippen LogP contribution in [0.3, 0.4) is 0 Å². The fourth-order valence-electron chi connectivity index (χ4n) is 0.943. The minimum atomic E-state index is 0.549. The molecule has 0 radical (unpaired) electrons. The van der Waals surface area contributed by atoms with E-state index in [1.807, 2.05) is 14.1 Å². The molecule has 1 rings (SSSR count). The fraction of sp³-hybridized carbons (Fsp3) is 0.444. The highest BCUT2D eigenvalue weighted by Crippen LogP contribution is 2.21. The van der Waals surface area contributed by atoms with Gasteiger partial charge in [0, 0.05) is 19.3 Å². The largest absolute Gasteiger partial charge is 0.368 e. The number of pyridine rings is 1. The Labute approximate surface area is 94.0 Å². The highest BCUT2D eigenvalue weighted by Gasteiger charge is 2.01. The lowest BCUT2D eigenvalue weighted by Gasteiger charge is -2.11. The van der Waals surface area contributed by atoms with Gasteiger partial charge in [0.05, 0.1) is 10.0 Å². The van der Waals surface area contributed by atoms with Crippen molar-refractivity contribution in [2.75, 3.05) is 32.5 Å². The lowest BCUT2D eigenvalue weighted by Crippen LogP contribution is -2.21. The van der Waals surface area contributed by atoms with Gasteiger partial charge in [0.2, 0.25) is 0 Å². The van der Waals surface area contributed by atoms with Gasteiger partial charge in [0.25, 0.3) is 0 Å². The van der Waals surface area contributed by atoms with Gasteiger partial charge in [-0.25, -0.2) is 4.98 Å². The van der Waals surface area contributed by atoms with E-state index in [1.165, 1.54) is 0 Å². The molecule has 0 bridgehead atoms. The van der Waals surface area contributed by atoms with Crippen LogP contribution in [0.1, 0.15) is 0 Å². The van der Waals surface area contributed by atoms with Crippen LogP contribution in [0, 0.1) is 0 Å². The summed E-state index contributed by atoms with van der Waals surface area (Å²) < 4.78 is 0. The van der Waals surface area contributed by atoms with Crippen LogP contribution < -0.4 is 5.32 Å². The van der Waals surface area contributed by atoms with Crippen LogP contribution >= 0.6 is 23.2 Å². The SMILES string of the molecule is CN(C)CCNc1ncc(Cl)cc1Cl. The smallest absolute Gasteiger partial charge is 0.144 e. The van der Waals surface area contributed by atoms with Crippen LogP contribution in [0.4, 0.5) is 5.82 Å². The van der Waals surface area contributed by atoms with Gasteiger partial charge in [0.1, 0.15) is 5.82 Å². The zero-order valence-electron chi connectivity index (χ0n) is 8.22. The van der Waals surface area contributed by atoms with Crippen molar-refractivity contribution < 1.29 is 0 Å². The lowest BCUT2D eigenvalue weighted by atomic mass is 10.4. The monoisotopic (exact) mass is 233 g/mol. The third kappa shape index (κ3) is 3.70. The average molecular weight is 234 g/mol. The standard InChI is InChI=1S/C9H13Cl2N3/c1-14(2)4-3-12-9-8(11)5-7(10)6-13-9/h5-6H,3-4H2,1-2H3,(H,12,13). The van der Waals surface area contributed by atoms with Crippen molar-refractivity contribution >= 4 is 29.0 Å². The van der Waals surface area contributed by atoms with E-state index in [4.69, 9.17) is 23.2 Å². The van der Waals surface area contributed by atoms with E-state index in [2.05, 4.69) is 15.2 Å². The molecule has 0 fully saturated rings. The number of halogens is 2. The molecule has 0 aromatic carbocycles. The number of likely N-dealkylation sites (N-methyl/N-ethyl adjacent to an activating group) is 1. The maximum atomic E-state index is 5.92. The predicted molar refractivity (Wildman–Crippen MR) is 61.3 cm³/mol. The number of hydrogen-bond acceptors (Lipinski definition) is 3. The van der Waals surface area contributed by atoms with Crippen LogP contribution in [-0.2, 0) is 0 Å². The van der Waals surface area contributed by atoms with Crippen molar-refractivity contribution in [3.05, 3.63) is 22.3 Å². The molecule has 1 N–H and O–H groups in total. The Morgan fingerprint density at radius 2 is 2.14 bits per heavy atom. The molecule has 1 aromatic rings. The third-order valence-electron chi connectivity index (χ3n) is 1.66. The molecular weight excluding hydrogens is 221 g/mol. The molecule has 0 amide bonds. The molecule has 0 spiro atoms. The molecule has 0 saturated heterocycles. The quantitative estimate of drug-likeness (QED) is 0.866. The van der Waals surface area contributed by atoms with Crippen LogP contribution in [0.25, 0.3) is 0 Å². The Morgan fingerprint density at radius 3 is 2.71 bits per heavy atom. The molecule has 78 valence electrons. The van der Waals surface area contributed by atoms with Crippen LogP contribution in [0.15, 0.2) is 12.3 Å². The average Bonchev–Trinajstić information content (AvgIpc) is 2.08. The fourth-order valence-corrected chi connectivity index (χ4v) is 1.39. The molecule has 3 nitrogen and oxygen atoms in total. The Bertz CT molecular complexity index is 302. The van der Waals surface area contributed by atoms with Crippen LogP contribution in [-0.4, -0.2) is 37.1 Å². The zero-order chi connectivity index (χ0) is 10.6. The number of rotatable bonds is 4. The summed E-state index contributed by atoms with van der Waals surface area (Å²) >= 11 is 11.6. The molecule has 1 aromatic heterocycles. The summed E-state index contributed by atoms with van der Waals surface area (Å²) in [6, 6.07) is 1.67. The maximum absolute atomic E-state index is 5.92. The Kier molecular flexibility index (Phi) is 4.45. The summed E-state index contributed by atoms with van der Waals surface area (Å²) in [5.41, 5.74) is 0. The van der Waals surface area contributed by atoms with E-state index in [0.29, 0.717) is 15.9 Å². The minimum Gasteiger partial charge on any atom is -0.368 e. The highest BCUT2D eigenvalue weighted by atomic mass is 35.5. The first kappa shape index (κ1) is 11.6. The lowest BCUT2D eigenvalue weighted by molar-refractivity contribution is 0.425. The summed E-state index contributed by atoms with van der Waals surface area (Å²) in [4.78, 5) is 6.16. The summed E-state index contributed by atoms with van der Waals surface area (Å²) in [5, 5.41) is 4.23. The molecule has 0 atom stereocenters. The van der Waals surface area contributed by atoms with Crippen molar-refractivity contribution in [3.63, 3.8) is 0 Å². The van der Waals surface area contributed by atoms with Crippen molar-refractivity contribution in [1.29, 1.82) is 0 Å². The van der Waals surface area contributed by atoms with Crippen molar-refractivity contribution in [2.45, 2.75) is 0 Å². The third-order valence-corrected chi connectivity index (χ3v) is 2.15. The second kappa shape index (κ2) is 5.39. The molecular formula is C9H13Cl2N3. The summed E-state index contributed by atoms with van der Waals surface area (Å²) in [6.07, 6.45) is 1.57. The van der Waals surface area contributed by atoms with Gasteiger partial charge in [-0.1, -0.05) is 23.2 Å². The molecule has 0 unspecified atom stereocenters. The van der Waals surface area contributed by atoms with Crippen LogP contribution in [0.5, 0.6) is 0 Å². The number of aromatic nitrogens is 1. The number of anilines is 1. The molecule has 0 aliphatic heterocycles. The van der Waals surface area contributed by atoms with E-state index in [-0.39, 0.29) is 0 Å². The minimum absolute atomic E-state index is 0.549. The topological polar surface area (TPSA) is 28.2 Å². The van der Waals surface area contributed by atoms with Crippen molar-refractivity contribution in [2.24, 2.45) is 0 Å². The number of nitrogens with one attached hydrogen (secondary N) is 1. The normalized spacial score (nSPS) is 10.6. The molecule has 0 saturated carbocycles. The Morgan fingerprint density at radius 1 is 1.43 bits per heavy atom. The first-order valence-corrected chi connectivity index (χ1v) is 5.05. The first-order valence-electron chi connectivity index (χ1n) is 4.29. The van der Waals surface area contributed by atoms with Gasteiger partial charge in [-0.3, -0.25) is 0 Å². The van der Waals surface area contributed by atoms with Gasteiger partial charge >= 0.3 is 0 Å². The van der Waals surface area contributed by atoms with E-state index < -0.39 is 0 Å². The van der Waals surface area contributed by atoms with E-state index >= 15 is 0 Å². The zero-order valence-corrected chi connectivity index (χ0v) is 9.73. The van der Waals surface area contributed by atoms with Gasteiger partial charge in [0.15, 0.2) is 0 Å². The van der Waals surface area contributed by atoms with Gasteiger partial charge in [-0.2, -0.15) is 0 Å². The Hall–Kier alpha value is -0.510. The molecule has 14 heavy (non-hydrogen) atoms. The second-order valence-corrected chi connectivity index (χ2v) is 4.06. The molecule has 0 aliphatic rings. The van der Waals surface area contributed by atoms with E-state index in [1.54, 1.807) is 12.3 Å². The van der Waals surface area contributed by atoms with Gasteiger partial charge in [-0.15, -0.1) is 0 Å². The van der Waals surface area contributed by atoms with E-state index in [0.717, 1.165) is 13.1 Å². The predicted octanol–water partition coefficient (Wildman–Crippen LogP) is 2.36. The highest BCUT2D eigenvalue weighted by molar-refractivity contribution is 6.35. The van der Waals surface area contributed by atoms with Gasteiger partial charge in [-0.05, 0) is 20.2 Å². The number of nitrogens with zero attached hydrogens (tertiary/aromatic N) is 2. The van der Waals surface area contributed by atoms with Crippen LogP contribution in [0.2, 0.25) is 10.0 Å². The summed E-state index contributed by atoms with van der Waals surface area (Å²) in [6.45, 7) is 1.74. The van der Waals surface area contributed by atoms with Crippen molar-refractivity contribution in [1.82, 2.24) is 9.88 Å². The second-order valence-electron chi connectivity index (χ2n) is 3.21. The number of hydrogen-bond donors (Lipinski definition) is 1. The summed E-state index contributed by atoms with van der Waals surface area (Å²) in [5.74, 6) is 0.679. The summed E-state index contributed by atoms with van der Waals surface area (Å²) in [7, 11) is 4.02. The molecule has 1 heterocycles. The van der Waals surface area contributed by atoms with Gasteiger partial charge < -0.3 is 10.2 Å².